The number of hydrogen-bond acceptors (Lipinski definition) is 5. The van der Waals surface area contributed by atoms with Gasteiger partial charge in [0, 0.05) is 13.1 Å². The second-order valence-electron chi connectivity index (χ2n) is 7.23. The van der Waals surface area contributed by atoms with Crippen LogP contribution in [-0.2, 0) is 22.6 Å². The smallest absolute Gasteiger partial charge is 0.243 e. The lowest BCUT2D eigenvalue weighted by atomic mass is 10.1. The highest BCUT2D eigenvalue weighted by molar-refractivity contribution is 5.90. The third-order valence-electron chi connectivity index (χ3n) is 5.10. The van der Waals surface area contributed by atoms with Crippen molar-refractivity contribution in [1.29, 1.82) is 0 Å². The molecule has 2 amide bonds. The van der Waals surface area contributed by atoms with E-state index in [0.29, 0.717) is 25.9 Å². The summed E-state index contributed by atoms with van der Waals surface area (Å²) in [5, 5.41) is 6.45. The Hall–Kier alpha value is -3.19. The fourth-order valence-corrected chi connectivity index (χ4v) is 3.65. The third kappa shape index (κ3) is 5.42. The van der Waals surface area contributed by atoms with Crippen LogP contribution in [0.3, 0.4) is 0 Å². The van der Waals surface area contributed by atoms with Crippen LogP contribution in [0.1, 0.15) is 29.5 Å². The molecular formula is C22H27N5O2. The number of nitrogens with two attached hydrogens (primary N) is 2. The minimum Gasteiger partial charge on any atom is -0.350 e. The third-order valence-corrected chi connectivity index (χ3v) is 5.10. The van der Waals surface area contributed by atoms with E-state index in [0.717, 1.165) is 23.1 Å². The van der Waals surface area contributed by atoms with E-state index in [9.17, 15) is 9.59 Å². The number of benzene rings is 2. The zero-order valence-corrected chi connectivity index (χ0v) is 16.3. The van der Waals surface area contributed by atoms with Crippen molar-refractivity contribution < 1.29 is 9.59 Å². The van der Waals surface area contributed by atoms with Gasteiger partial charge in [-0.05, 0) is 42.0 Å². The first-order valence-corrected chi connectivity index (χ1v) is 9.78. The van der Waals surface area contributed by atoms with Gasteiger partial charge in [-0.15, -0.1) is 0 Å². The average Bonchev–Trinajstić information content (AvgIpc) is 3.22. The van der Waals surface area contributed by atoms with E-state index >= 15 is 0 Å². The second kappa shape index (κ2) is 9.84. The molecule has 2 aromatic rings. The van der Waals surface area contributed by atoms with Crippen molar-refractivity contribution in [3.8, 4) is 0 Å². The predicted molar refractivity (Wildman–Crippen MR) is 113 cm³/mol. The van der Waals surface area contributed by atoms with Gasteiger partial charge in [0.15, 0.2) is 0 Å². The highest BCUT2D eigenvalue weighted by Gasteiger charge is 2.35. The standard InChI is InChI=1S/C22H27N5O2/c23-19(13-16-6-2-1-3-7-16)22(29)27-11-5-10-20(27)21(28)25-14-17-8-4-9-18(12-17)15-26-24/h1-4,6-9,12,15,19-20H,5,10-11,13-14,23-24H2,(H,25,28)/t19-,20+/m1/s1. The van der Waals surface area contributed by atoms with E-state index in [1.165, 1.54) is 0 Å². The van der Waals surface area contributed by atoms with Crippen molar-refractivity contribution in [2.24, 2.45) is 16.7 Å². The molecular weight excluding hydrogens is 366 g/mol. The van der Waals surface area contributed by atoms with Crippen LogP contribution in [0, 0.1) is 0 Å². The van der Waals surface area contributed by atoms with E-state index < -0.39 is 12.1 Å². The van der Waals surface area contributed by atoms with Crippen molar-refractivity contribution in [3.63, 3.8) is 0 Å². The molecule has 1 saturated heterocycles. The molecule has 1 aliphatic rings. The minimum absolute atomic E-state index is 0.152. The molecule has 7 heteroatoms. The van der Waals surface area contributed by atoms with Crippen molar-refractivity contribution in [1.82, 2.24) is 10.2 Å². The molecule has 0 aliphatic carbocycles. The first-order chi connectivity index (χ1) is 14.1. The molecule has 0 saturated carbocycles. The summed E-state index contributed by atoms with van der Waals surface area (Å²) in [6.07, 6.45) is 3.46. The molecule has 0 spiro atoms. The van der Waals surface area contributed by atoms with Gasteiger partial charge in [-0.2, -0.15) is 5.10 Å². The van der Waals surface area contributed by atoms with E-state index in [1.807, 2.05) is 54.6 Å². The van der Waals surface area contributed by atoms with Crippen molar-refractivity contribution in [3.05, 3.63) is 71.3 Å². The maximum absolute atomic E-state index is 12.8. The highest BCUT2D eigenvalue weighted by atomic mass is 16.2. The van der Waals surface area contributed by atoms with Gasteiger partial charge < -0.3 is 21.8 Å². The molecule has 1 fully saturated rings. The summed E-state index contributed by atoms with van der Waals surface area (Å²) in [6.45, 7) is 0.932. The van der Waals surface area contributed by atoms with E-state index in [4.69, 9.17) is 11.6 Å². The maximum atomic E-state index is 12.8. The Balaban J connectivity index is 1.58. The fourth-order valence-electron chi connectivity index (χ4n) is 3.65. The van der Waals surface area contributed by atoms with Crippen LogP contribution in [0.2, 0.25) is 0 Å². The SMILES string of the molecule is NN=Cc1cccc(CNC(=O)[C@@H]2CCCN2C(=O)[C@H](N)Cc2ccccc2)c1. The first kappa shape index (κ1) is 20.5. The lowest BCUT2D eigenvalue weighted by molar-refractivity contribution is -0.139. The molecule has 152 valence electrons. The summed E-state index contributed by atoms with van der Waals surface area (Å²) in [5.74, 6) is 4.86. The van der Waals surface area contributed by atoms with Gasteiger partial charge in [0.2, 0.25) is 11.8 Å². The number of amides is 2. The Morgan fingerprint density at radius 1 is 1.17 bits per heavy atom. The number of hydrazone groups is 1. The monoisotopic (exact) mass is 393 g/mol. The summed E-state index contributed by atoms with van der Waals surface area (Å²) >= 11 is 0. The van der Waals surface area contributed by atoms with E-state index in [2.05, 4.69) is 10.4 Å². The molecule has 2 aromatic carbocycles. The minimum atomic E-state index is -0.655. The number of nitrogens with zero attached hydrogens (tertiary/aromatic N) is 2. The van der Waals surface area contributed by atoms with Gasteiger partial charge in [-0.1, -0.05) is 48.5 Å². The molecule has 29 heavy (non-hydrogen) atoms. The van der Waals surface area contributed by atoms with Gasteiger partial charge in [-0.3, -0.25) is 9.59 Å². The van der Waals surface area contributed by atoms with Crippen molar-refractivity contribution >= 4 is 18.0 Å². The zero-order valence-electron chi connectivity index (χ0n) is 16.3. The van der Waals surface area contributed by atoms with Crippen LogP contribution in [0.4, 0.5) is 0 Å². The lowest BCUT2D eigenvalue weighted by Gasteiger charge is -2.26. The van der Waals surface area contributed by atoms with Crippen molar-refractivity contribution in [2.75, 3.05) is 6.54 Å². The zero-order chi connectivity index (χ0) is 20.6. The normalized spacial score (nSPS) is 17.4. The Kier molecular flexibility index (Phi) is 6.97. The van der Waals surface area contributed by atoms with Crippen LogP contribution in [0.25, 0.3) is 0 Å². The van der Waals surface area contributed by atoms with Gasteiger partial charge >= 0.3 is 0 Å². The summed E-state index contributed by atoms with van der Waals surface area (Å²) in [6, 6.07) is 16.1. The van der Waals surface area contributed by atoms with Crippen molar-refractivity contribution in [2.45, 2.75) is 37.9 Å². The topological polar surface area (TPSA) is 114 Å². The van der Waals surface area contributed by atoms with Crippen LogP contribution in [-0.4, -0.2) is 41.6 Å². The number of nitrogens with one attached hydrogen (secondary N) is 1. The highest BCUT2D eigenvalue weighted by Crippen LogP contribution is 2.19. The Bertz CT molecular complexity index is 869. The van der Waals surface area contributed by atoms with Gasteiger partial charge in [-0.25, -0.2) is 0 Å². The second-order valence-corrected chi connectivity index (χ2v) is 7.23. The molecule has 2 atom stereocenters. The molecule has 5 N–H and O–H groups in total. The summed E-state index contributed by atoms with van der Waals surface area (Å²) in [7, 11) is 0. The first-order valence-electron chi connectivity index (χ1n) is 9.78. The van der Waals surface area contributed by atoms with E-state index in [1.54, 1.807) is 11.1 Å². The number of likely N-dealkylation sites (tertiary alicyclic amines) is 1. The molecule has 1 heterocycles. The van der Waals surface area contributed by atoms with Crippen LogP contribution in [0.15, 0.2) is 59.7 Å². The Morgan fingerprint density at radius 3 is 2.69 bits per heavy atom. The number of carbonyl (C=O) groups excluding carboxylic acids is 2. The summed E-state index contributed by atoms with van der Waals surface area (Å²) in [5.41, 5.74) is 8.97. The Labute approximate surface area is 170 Å². The predicted octanol–water partition coefficient (Wildman–Crippen LogP) is 1.16. The van der Waals surface area contributed by atoms with Crippen LogP contribution < -0.4 is 16.9 Å². The van der Waals surface area contributed by atoms with Crippen LogP contribution >= 0.6 is 0 Å². The van der Waals surface area contributed by atoms with E-state index in [-0.39, 0.29) is 11.8 Å². The van der Waals surface area contributed by atoms with Gasteiger partial charge in [0.25, 0.3) is 0 Å². The quantitative estimate of drug-likeness (QED) is 0.372. The largest absolute Gasteiger partial charge is 0.350 e. The average molecular weight is 393 g/mol. The van der Waals surface area contributed by atoms with Crippen LogP contribution in [0.5, 0.6) is 0 Å². The van der Waals surface area contributed by atoms with Gasteiger partial charge in [0.05, 0.1) is 12.3 Å². The summed E-state index contributed by atoms with van der Waals surface area (Å²) < 4.78 is 0. The number of hydrogen-bond donors (Lipinski definition) is 3. The lowest BCUT2D eigenvalue weighted by Crippen LogP contribution is -2.51. The Morgan fingerprint density at radius 2 is 1.93 bits per heavy atom. The molecule has 0 unspecified atom stereocenters. The number of carbonyl (C=O) groups is 2. The molecule has 0 radical (unpaired) electrons. The molecule has 1 aliphatic heterocycles. The molecule has 0 aromatic heterocycles. The fraction of sp³-hybridized carbons (Fsp3) is 0.318. The summed E-state index contributed by atoms with van der Waals surface area (Å²) in [4.78, 5) is 27.2. The maximum Gasteiger partial charge on any atom is 0.243 e. The van der Waals surface area contributed by atoms with Gasteiger partial charge in [0.1, 0.15) is 6.04 Å². The molecule has 3 rings (SSSR count). The molecule has 7 nitrogen and oxygen atoms in total. The molecule has 0 bridgehead atoms. The number of rotatable bonds is 7.